The van der Waals surface area contributed by atoms with Crippen LogP contribution in [0.4, 0.5) is 5.69 Å². The van der Waals surface area contributed by atoms with E-state index in [1.807, 2.05) is 35.2 Å². The molecule has 2 aliphatic heterocycles. The number of carbonyl (C=O) groups excluding carboxylic acids is 1. The minimum absolute atomic E-state index is 0.0672. The molecule has 2 aromatic carbocycles. The molecular weight excluding hydrogens is 340 g/mol. The Morgan fingerprint density at radius 1 is 1.00 bits per heavy atom. The summed E-state index contributed by atoms with van der Waals surface area (Å²) in [4.78, 5) is 16.8. The number of piperazine rings is 1. The maximum atomic E-state index is 12.5. The van der Waals surface area contributed by atoms with Gasteiger partial charge in [0.05, 0.1) is 12.5 Å². The van der Waals surface area contributed by atoms with E-state index in [0.717, 1.165) is 50.5 Å². The van der Waals surface area contributed by atoms with Crippen molar-refractivity contribution < 1.29 is 14.3 Å². The number of amides is 1. The van der Waals surface area contributed by atoms with Crippen LogP contribution in [0, 0.1) is 5.92 Å². The molecule has 0 N–H and O–H groups in total. The second-order valence-corrected chi connectivity index (χ2v) is 7.14. The molecule has 2 saturated heterocycles. The van der Waals surface area contributed by atoms with Crippen molar-refractivity contribution in [3.05, 3.63) is 60.2 Å². The fraction of sp³-hybridized carbons (Fsp3) is 0.409. The Morgan fingerprint density at radius 3 is 2.41 bits per heavy atom. The smallest absolute Gasteiger partial charge is 0.228 e. The summed E-state index contributed by atoms with van der Waals surface area (Å²) in [6, 6.07) is 18.4. The van der Waals surface area contributed by atoms with Gasteiger partial charge in [-0.15, -0.1) is 0 Å². The highest BCUT2D eigenvalue weighted by molar-refractivity contribution is 5.79. The molecule has 27 heavy (non-hydrogen) atoms. The minimum atomic E-state index is 0.0672. The first kappa shape index (κ1) is 17.9. The number of anilines is 1. The zero-order valence-electron chi connectivity index (χ0n) is 15.5. The summed E-state index contributed by atoms with van der Waals surface area (Å²) < 4.78 is 11.2. The zero-order chi connectivity index (χ0) is 18.5. The van der Waals surface area contributed by atoms with Gasteiger partial charge in [0.25, 0.3) is 0 Å². The van der Waals surface area contributed by atoms with Crippen molar-refractivity contribution in [2.45, 2.75) is 13.0 Å². The maximum absolute atomic E-state index is 12.5. The van der Waals surface area contributed by atoms with Crippen LogP contribution in [0.5, 0.6) is 5.75 Å². The van der Waals surface area contributed by atoms with Gasteiger partial charge in [-0.25, -0.2) is 0 Å². The lowest BCUT2D eigenvalue weighted by atomic mass is 10.1. The minimum Gasteiger partial charge on any atom is -0.489 e. The number of benzene rings is 2. The maximum Gasteiger partial charge on any atom is 0.228 e. The van der Waals surface area contributed by atoms with Crippen LogP contribution in [-0.4, -0.2) is 50.2 Å². The lowest BCUT2D eigenvalue weighted by molar-refractivity contribution is -0.135. The highest BCUT2D eigenvalue weighted by Crippen LogP contribution is 2.23. The summed E-state index contributed by atoms with van der Waals surface area (Å²) in [6.45, 7) is 5.17. The molecule has 2 fully saturated rings. The average Bonchev–Trinajstić information content (AvgIpc) is 3.28. The molecule has 5 nitrogen and oxygen atoms in total. The molecule has 0 unspecified atom stereocenters. The number of nitrogens with zero attached hydrogens (tertiary/aromatic N) is 2. The summed E-state index contributed by atoms with van der Waals surface area (Å²) in [7, 11) is 0. The third-order valence-electron chi connectivity index (χ3n) is 5.32. The van der Waals surface area contributed by atoms with Gasteiger partial charge >= 0.3 is 0 Å². The molecule has 0 spiro atoms. The van der Waals surface area contributed by atoms with Gasteiger partial charge < -0.3 is 19.3 Å². The lowest BCUT2D eigenvalue weighted by Crippen LogP contribution is -2.50. The number of rotatable bonds is 5. The van der Waals surface area contributed by atoms with Crippen LogP contribution in [0.15, 0.2) is 54.6 Å². The molecule has 4 rings (SSSR count). The van der Waals surface area contributed by atoms with Crippen LogP contribution in [0.1, 0.15) is 12.0 Å². The zero-order valence-corrected chi connectivity index (χ0v) is 15.5. The molecule has 5 heteroatoms. The van der Waals surface area contributed by atoms with Gasteiger partial charge in [0.2, 0.25) is 5.91 Å². The van der Waals surface area contributed by atoms with Crippen LogP contribution < -0.4 is 9.64 Å². The van der Waals surface area contributed by atoms with Crippen molar-refractivity contribution in [1.82, 2.24) is 4.90 Å². The topological polar surface area (TPSA) is 42.0 Å². The first-order valence-electron chi connectivity index (χ1n) is 9.68. The van der Waals surface area contributed by atoms with Crippen molar-refractivity contribution >= 4 is 11.6 Å². The van der Waals surface area contributed by atoms with Gasteiger partial charge in [-0.05, 0) is 36.2 Å². The van der Waals surface area contributed by atoms with Gasteiger partial charge in [0.15, 0.2) is 0 Å². The number of ether oxygens (including phenoxy) is 2. The largest absolute Gasteiger partial charge is 0.489 e. The molecular formula is C22H26N2O3. The fourth-order valence-corrected chi connectivity index (χ4v) is 3.67. The summed E-state index contributed by atoms with van der Waals surface area (Å²) in [5, 5.41) is 0. The first-order chi connectivity index (χ1) is 13.3. The molecule has 2 aliphatic rings. The Hall–Kier alpha value is -2.53. The van der Waals surface area contributed by atoms with Gasteiger partial charge in [0.1, 0.15) is 12.4 Å². The van der Waals surface area contributed by atoms with Crippen molar-refractivity contribution in [3.8, 4) is 5.75 Å². The fourth-order valence-electron chi connectivity index (χ4n) is 3.67. The Balaban J connectivity index is 1.27. The highest BCUT2D eigenvalue weighted by atomic mass is 16.5. The predicted molar refractivity (Wildman–Crippen MR) is 105 cm³/mol. The first-order valence-corrected chi connectivity index (χ1v) is 9.68. The summed E-state index contributed by atoms with van der Waals surface area (Å²) in [5.74, 6) is 1.20. The van der Waals surface area contributed by atoms with E-state index in [1.165, 1.54) is 5.69 Å². The molecule has 2 aromatic rings. The van der Waals surface area contributed by atoms with Crippen LogP contribution in [-0.2, 0) is 16.1 Å². The molecule has 0 aromatic heterocycles. The van der Waals surface area contributed by atoms with Gasteiger partial charge in [0, 0.05) is 38.5 Å². The molecule has 0 aliphatic carbocycles. The van der Waals surface area contributed by atoms with E-state index < -0.39 is 0 Å². The number of carbonyl (C=O) groups is 1. The van der Waals surface area contributed by atoms with Crippen molar-refractivity contribution in [2.75, 3.05) is 44.3 Å². The SMILES string of the molecule is O=C([C@@H]1CCOC1)N1CCN(c2ccc(OCc3ccccc3)cc2)CC1. The monoisotopic (exact) mass is 366 g/mol. The molecule has 2 heterocycles. The van der Waals surface area contributed by atoms with E-state index in [2.05, 4.69) is 29.2 Å². The molecule has 0 bridgehead atoms. The van der Waals surface area contributed by atoms with Crippen molar-refractivity contribution in [1.29, 1.82) is 0 Å². The Morgan fingerprint density at radius 2 is 1.74 bits per heavy atom. The molecule has 1 amide bonds. The second kappa shape index (κ2) is 8.44. The van der Waals surface area contributed by atoms with Gasteiger partial charge in [-0.2, -0.15) is 0 Å². The summed E-state index contributed by atoms with van der Waals surface area (Å²) >= 11 is 0. The third kappa shape index (κ3) is 4.42. The average molecular weight is 366 g/mol. The van der Waals surface area contributed by atoms with E-state index in [-0.39, 0.29) is 11.8 Å². The van der Waals surface area contributed by atoms with Crippen LogP contribution in [0.3, 0.4) is 0 Å². The standard InChI is InChI=1S/C22H26N2O3/c25-22(19-10-15-26-17-19)24-13-11-23(12-14-24)20-6-8-21(9-7-20)27-16-18-4-2-1-3-5-18/h1-9,19H,10-17H2/t19-/m1/s1. The van der Waals surface area contributed by atoms with E-state index in [4.69, 9.17) is 9.47 Å². The summed E-state index contributed by atoms with van der Waals surface area (Å²) in [5.41, 5.74) is 2.34. The van der Waals surface area contributed by atoms with Gasteiger partial charge in [-0.1, -0.05) is 30.3 Å². The Bertz CT molecular complexity index is 734. The normalized spacial score (nSPS) is 19.9. The second-order valence-electron chi connectivity index (χ2n) is 7.14. The molecule has 0 saturated carbocycles. The van der Waals surface area contributed by atoms with E-state index in [0.29, 0.717) is 13.2 Å². The highest BCUT2D eigenvalue weighted by Gasteiger charge is 2.30. The number of hydrogen-bond donors (Lipinski definition) is 0. The van der Waals surface area contributed by atoms with Crippen molar-refractivity contribution in [3.63, 3.8) is 0 Å². The molecule has 0 radical (unpaired) electrons. The number of hydrogen-bond acceptors (Lipinski definition) is 4. The molecule has 142 valence electrons. The Kier molecular flexibility index (Phi) is 5.58. The quantitative estimate of drug-likeness (QED) is 0.816. The Labute approximate surface area is 160 Å². The van der Waals surface area contributed by atoms with E-state index >= 15 is 0 Å². The third-order valence-corrected chi connectivity index (χ3v) is 5.32. The molecule has 1 atom stereocenters. The van der Waals surface area contributed by atoms with E-state index in [9.17, 15) is 4.79 Å². The van der Waals surface area contributed by atoms with Crippen LogP contribution in [0.25, 0.3) is 0 Å². The van der Waals surface area contributed by atoms with Gasteiger partial charge in [-0.3, -0.25) is 4.79 Å². The lowest BCUT2D eigenvalue weighted by Gasteiger charge is -2.37. The van der Waals surface area contributed by atoms with E-state index in [1.54, 1.807) is 0 Å². The predicted octanol–water partition coefficient (Wildman–Crippen LogP) is 2.95. The van der Waals surface area contributed by atoms with Crippen molar-refractivity contribution in [2.24, 2.45) is 5.92 Å². The van der Waals surface area contributed by atoms with Crippen LogP contribution >= 0.6 is 0 Å². The summed E-state index contributed by atoms with van der Waals surface area (Å²) in [6.07, 6.45) is 0.865. The van der Waals surface area contributed by atoms with Crippen LogP contribution in [0.2, 0.25) is 0 Å².